The molecule has 1 aromatic carbocycles. The van der Waals surface area contributed by atoms with Gasteiger partial charge in [0.15, 0.2) is 0 Å². The van der Waals surface area contributed by atoms with E-state index in [0.717, 1.165) is 48.9 Å². The van der Waals surface area contributed by atoms with Crippen LogP contribution in [0.3, 0.4) is 0 Å². The summed E-state index contributed by atoms with van der Waals surface area (Å²) < 4.78 is 2.08. The van der Waals surface area contributed by atoms with Crippen molar-refractivity contribution in [3.8, 4) is 0 Å². The minimum Gasteiger partial charge on any atom is -0.353 e. The SMILES string of the molecule is O=C(C=Cc1cccnc1)NCCCCN1CCCCC1n1nnc2ccccc21. The second-order valence-electron chi connectivity index (χ2n) is 7.65. The van der Waals surface area contributed by atoms with E-state index in [9.17, 15) is 4.79 Å². The molecular formula is C23H28N6O. The highest BCUT2D eigenvalue weighted by Gasteiger charge is 2.25. The van der Waals surface area contributed by atoms with Crippen LogP contribution in [-0.4, -0.2) is 50.4 Å². The molecule has 0 radical (unpaired) electrons. The molecule has 1 aliphatic heterocycles. The Labute approximate surface area is 176 Å². The van der Waals surface area contributed by atoms with E-state index in [-0.39, 0.29) is 12.1 Å². The second kappa shape index (κ2) is 10.1. The number of nitrogens with one attached hydrogen (secondary N) is 1. The predicted octanol–water partition coefficient (Wildman–Crippen LogP) is 3.42. The Bertz CT molecular complexity index is 984. The van der Waals surface area contributed by atoms with Gasteiger partial charge in [-0.25, -0.2) is 4.68 Å². The number of amides is 1. The number of para-hydroxylation sites is 1. The van der Waals surface area contributed by atoms with Crippen molar-refractivity contribution in [2.75, 3.05) is 19.6 Å². The molecule has 0 saturated carbocycles. The summed E-state index contributed by atoms with van der Waals surface area (Å²) >= 11 is 0. The van der Waals surface area contributed by atoms with Gasteiger partial charge in [-0.05, 0) is 61.9 Å². The molecule has 7 nitrogen and oxygen atoms in total. The van der Waals surface area contributed by atoms with Gasteiger partial charge in [-0.15, -0.1) is 5.10 Å². The first-order chi connectivity index (χ1) is 14.8. The molecule has 1 N–H and O–H groups in total. The van der Waals surface area contributed by atoms with E-state index in [0.29, 0.717) is 6.54 Å². The summed E-state index contributed by atoms with van der Waals surface area (Å²) in [5.41, 5.74) is 2.97. The zero-order chi connectivity index (χ0) is 20.6. The van der Waals surface area contributed by atoms with E-state index in [1.807, 2.05) is 30.3 Å². The Hall–Kier alpha value is -3.06. The average molecular weight is 405 g/mol. The van der Waals surface area contributed by atoms with E-state index < -0.39 is 0 Å². The van der Waals surface area contributed by atoms with Crippen LogP contribution in [0.5, 0.6) is 0 Å². The van der Waals surface area contributed by atoms with Gasteiger partial charge < -0.3 is 5.32 Å². The third-order valence-electron chi connectivity index (χ3n) is 5.52. The first-order valence-corrected chi connectivity index (χ1v) is 10.7. The Kier molecular flexibility index (Phi) is 6.82. The Morgan fingerprint density at radius 3 is 3.00 bits per heavy atom. The van der Waals surface area contributed by atoms with Crippen molar-refractivity contribution in [1.29, 1.82) is 0 Å². The average Bonchev–Trinajstić information content (AvgIpc) is 3.22. The van der Waals surface area contributed by atoms with E-state index in [2.05, 4.69) is 36.3 Å². The summed E-state index contributed by atoms with van der Waals surface area (Å²) in [4.78, 5) is 18.5. The number of hydrogen-bond acceptors (Lipinski definition) is 5. The van der Waals surface area contributed by atoms with E-state index in [1.54, 1.807) is 24.5 Å². The van der Waals surface area contributed by atoms with Crippen molar-refractivity contribution >= 4 is 23.0 Å². The molecule has 3 heterocycles. The van der Waals surface area contributed by atoms with Gasteiger partial charge in [0.25, 0.3) is 0 Å². The molecule has 0 spiro atoms. The molecule has 1 aliphatic rings. The third kappa shape index (κ3) is 5.10. The maximum absolute atomic E-state index is 12.0. The van der Waals surface area contributed by atoms with Gasteiger partial charge in [0.2, 0.25) is 5.91 Å². The quantitative estimate of drug-likeness (QED) is 0.460. The van der Waals surface area contributed by atoms with Crippen LogP contribution in [0.15, 0.2) is 54.9 Å². The summed E-state index contributed by atoms with van der Waals surface area (Å²) in [7, 11) is 0. The molecule has 4 rings (SSSR count). The van der Waals surface area contributed by atoms with Crippen LogP contribution < -0.4 is 5.32 Å². The molecule has 156 valence electrons. The number of nitrogens with zero attached hydrogens (tertiary/aromatic N) is 5. The van der Waals surface area contributed by atoms with Gasteiger partial charge in [-0.2, -0.15) is 0 Å². The van der Waals surface area contributed by atoms with Gasteiger partial charge in [-0.1, -0.05) is 23.4 Å². The fourth-order valence-corrected chi connectivity index (χ4v) is 3.98. The van der Waals surface area contributed by atoms with Crippen LogP contribution in [0.4, 0.5) is 0 Å². The summed E-state index contributed by atoms with van der Waals surface area (Å²) in [6.45, 7) is 2.76. The molecule has 0 aliphatic carbocycles. The summed E-state index contributed by atoms with van der Waals surface area (Å²) in [5.74, 6) is -0.0659. The molecule has 30 heavy (non-hydrogen) atoms. The lowest BCUT2D eigenvalue weighted by molar-refractivity contribution is -0.116. The van der Waals surface area contributed by atoms with E-state index in [4.69, 9.17) is 0 Å². The molecular weight excluding hydrogens is 376 g/mol. The number of rotatable bonds is 8. The van der Waals surface area contributed by atoms with Gasteiger partial charge in [-0.3, -0.25) is 14.7 Å². The van der Waals surface area contributed by atoms with Crippen LogP contribution in [0, 0.1) is 0 Å². The smallest absolute Gasteiger partial charge is 0.243 e. The number of benzene rings is 1. The second-order valence-corrected chi connectivity index (χ2v) is 7.65. The molecule has 1 fully saturated rings. The lowest BCUT2D eigenvalue weighted by Gasteiger charge is -2.35. The number of carbonyl (C=O) groups is 1. The highest BCUT2D eigenvalue weighted by molar-refractivity contribution is 5.91. The van der Waals surface area contributed by atoms with Crippen LogP contribution >= 0.6 is 0 Å². The zero-order valence-corrected chi connectivity index (χ0v) is 17.2. The minimum atomic E-state index is -0.0659. The number of likely N-dealkylation sites (tertiary alicyclic amines) is 1. The fourth-order valence-electron chi connectivity index (χ4n) is 3.98. The van der Waals surface area contributed by atoms with E-state index in [1.165, 1.54) is 12.8 Å². The van der Waals surface area contributed by atoms with Crippen molar-refractivity contribution in [1.82, 2.24) is 30.2 Å². The number of carbonyl (C=O) groups excluding carboxylic acids is 1. The maximum Gasteiger partial charge on any atom is 0.243 e. The maximum atomic E-state index is 12.0. The summed E-state index contributed by atoms with van der Waals surface area (Å²) in [6, 6.07) is 11.9. The van der Waals surface area contributed by atoms with Crippen LogP contribution in [0.25, 0.3) is 17.1 Å². The first kappa shape index (κ1) is 20.2. The van der Waals surface area contributed by atoms with Crippen LogP contribution in [-0.2, 0) is 4.79 Å². The normalized spacial score (nSPS) is 17.5. The van der Waals surface area contributed by atoms with Gasteiger partial charge >= 0.3 is 0 Å². The number of hydrogen-bond donors (Lipinski definition) is 1. The van der Waals surface area contributed by atoms with Crippen LogP contribution in [0.1, 0.15) is 43.8 Å². The highest BCUT2D eigenvalue weighted by atomic mass is 16.1. The molecule has 1 unspecified atom stereocenters. The van der Waals surface area contributed by atoms with Gasteiger partial charge in [0.1, 0.15) is 11.7 Å². The molecule has 3 aromatic rings. The molecule has 0 bridgehead atoms. The molecule has 1 saturated heterocycles. The first-order valence-electron chi connectivity index (χ1n) is 10.7. The monoisotopic (exact) mass is 404 g/mol. The molecule has 7 heteroatoms. The Balaban J connectivity index is 1.24. The van der Waals surface area contributed by atoms with E-state index >= 15 is 0 Å². The lowest BCUT2D eigenvalue weighted by Crippen LogP contribution is -2.38. The minimum absolute atomic E-state index is 0.0659. The summed E-state index contributed by atoms with van der Waals surface area (Å²) in [6.07, 6.45) is 12.6. The Morgan fingerprint density at radius 1 is 1.17 bits per heavy atom. The zero-order valence-electron chi connectivity index (χ0n) is 17.2. The molecule has 1 amide bonds. The molecule has 2 aromatic heterocycles. The summed E-state index contributed by atoms with van der Waals surface area (Å²) in [5, 5.41) is 11.7. The van der Waals surface area contributed by atoms with Crippen molar-refractivity contribution in [2.45, 2.75) is 38.3 Å². The lowest BCUT2D eigenvalue weighted by atomic mass is 10.1. The van der Waals surface area contributed by atoms with Crippen molar-refractivity contribution in [2.24, 2.45) is 0 Å². The number of fused-ring (bicyclic) bond motifs is 1. The standard InChI is InChI=1S/C23H28N6O/c30-22(13-12-19-8-7-14-24-18-19)25-15-4-6-17-28-16-5-3-11-23(28)29-21-10-2-1-9-20(21)26-27-29/h1-2,7-10,12-14,18,23H,3-6,11,15-17H2,(H,25,30). The third-order valence-corrected chi connectivity index (χ3v) is 5.52. The Morgan fingerprint density at radius 2 is 2.10 bits per heavy atom. The number of unbranched alkanes of at least 4 members (excludes halogenated alkanes) is 1. The predicted molar refractivity (Wildman–Crippen MR) is 118 cm³/mol. The highest BCUT2D eigenvalue weighted by Crippen LogP contribution is 2.28. The fraction of sp³-hybridized carbons (Fsp3) is 0.391. The topological polar surface area (TPSA) is 75.9 Å². The van der Waals surface area contributed by atoms with Crippen LogP contribution in [0.2, 0.25) is 0 Å². The molecule has 1 atom stereocenters. The number of piperidine rings is 1. The number of pyridine rings is 1. The van der Waals surface area contributed by atoms with Crippen molar-refractivity contribution < 1.29 is 4.79 Å². The van der Waals surface area contributed by atoms with Gasteiger partial charge in [0, 0.05) is 38.1 Å². The van der Waals surface area contributed by atoms with Crippen molar-refractivity contribution in [3.05, 3.63) is 60.4 Å². The van der Waals surface area contributed by atoms with Crippen molar-refractivity contribution in [3.63, 3.8) is 0 Å². The van der Waals surface area contributed by atoms with Gasteiger partial charge in [0.05, 0.1) is 5.52 Å². The largest absolute Gasteiger partial charge is 0.353 e. The number of aromatic nitrogens is 4.